The summed E-state index contributed by atoms with van der Waals surface area (Å²) >= 11 is 1.21. The summed E-state index contributed by atoms with van der Waals surface area (Å²) in [5, 5.41) is -1.05. The van der Waals surface area contributed by atoms with Gasteiger partial charge in [-0.1, -0.05) is 11.4 Å². The van der Waals surface area contributed by atoms with Gasteiger partial charge in [-0.15, -0.1) is 0 Å². The van der Waals surface area contributed by atoms with Crippen LogP contribution in [0.15, 0.2) is 53.4 Å². The number of nitrogens with zero attached hydrogens (tertiary/aromatic N) is 2. The predicted octanol–water partition coefficient (Wildman–Crippen LogP) is 4.57. The molecular weight excluding hydrogens is 504 g/mol. The Kier molecular flexibility index (Phi) is 8.27. The van der Waals surface area contributed by atoms with Gasteiger partial charge in [-0.05, 0) is 74.5 Å². The fourth-order valence-corrected chi connectivity index (χ4v) is 9.69. The van der Waals surface area contributed by atoms with Gasteiger partial charge < -0.3 is 24.7 Å². The second-order valence-electron chi connectivity index (χ2n) is 9.02. The number of urea groups is 1. The number of nitrogens with two attached hydrogens (primary N) is 1. The molecule has 2 aliphatic rings. The van der Waals surface area contributed by atoms with E-state index in [1.165, 1.54) is 23.5 Å². The van der Waals surface area contributed by atoms with Crippen LogP contribution in [0, 0.1) is 5.82 Å². The van der Waals surface area contributed by atoms with Crippen molar-refractivity contribution in [3.63, 3.8) is 0 Å². The molecule has 1 unspecified atom stereocenters. The Morgan fingerprint density at radius 3 is 2.44 bits per heavy atom. The molecule has 0 spiro atoms. The average Bonchev–Trinajstić information content (AvgIpc) is 3.23. The van der Waals surface area contributed by atoms with Crippen LogP contribution >= 0.6 is 17.7 Å². The topological polar surface area (TPSA) is 102 Å². The van der Waals surface area contributed by atoms with Gasteiger partial charge in [0.15, 0.2) is 6.34 Å². The van der Waals surface area contributed by atoms with Gasteiger partial charge >= 0.3 is 6.03 Å². The van der Waals surface area contributed by atoms with E-state index in [1.807, 2.05) is 12.1 Å². The van der Waals surface area contributed by atoms with Crippen LogP contribution in [-0.2, 0) is 14.1 Å². The molecule has 3 amide bonds. The molecule has 1 atom stereocenters. The predicted molar refractivity (Wildman–Crippen MR) is 139 cm³/mol. The third-order valence-electron chi connectivity index (χ3n) is 6.73. The number of ether oxygens (including phenoxy) is 2. The van der Waals surface area contributed by atoms with Crippen LogP contribution in [0.4, 0.5) is 14.9 Å². The normalized spacial score (nSPS) is 19.2. The lowest BCUT2D eigenvalue weighted by molar-refractivity contribution is -0.122. The zero-order valence-corrected chi connectivity index (χ0v) is 21.9. The minimum Gasteiger partial charge on any atom is -0.494 e. The smallest absolute Gasteiger partial charge is 0.324 e. The number of benzene rings is 2. The number of rotatable bonds is 10. The van der Waals surface area contributed by atoms with Crippen LogP contribution in [0.25, 0.3) is 0 Å². The van der Waals surface area contributed by atoms with Crippen molar-refractivity contribution in [3.8, 4) is 5.75 Å². The summed E-state index contributed by atoms with van der Waals surface area (Å²) in [7, 11) is 0. The van der Waals surface area contributed by atoms with Crippen molar-refractivity contribution in [2.75, 3.05) is 51.0 Å². The Morgan fingerprint density at radius 1 is 1.14 bits per heavy atom. The van der Waals surface area contributed by atoms with Gasteiger partial charge in [-0.3, -0.25) is 9.69 Å². The number of hydrogen-bond acceptors (Lipinski definition) is 6. The van der Waals surface area contributed by atoms with Crippen LogP contribution in [0.1, 0.15) is 19.3 Å². The highest BCUT2D eigenvalue weighted by atomic mass is 32.7. The molecule has 0 aromatic heterocycles. The van der Waals surface area contributed by atoms with Gasteiger partial charge in [0.1, 0.15) is 16.7 Å². The Bertz CT molecular complexity index is 1130. The summed E-state index contributed by atoms with van der Waals surface area (Å²) in [6.45, 7) is 4.55. The molecule has 0 bridgehead atoms. The molecule has 2 aliphatic heterocycles. The number of halogens is 1. The molecule has 2 N–H and O–H groups in total. The van der Waals surface area contributed by atoms with Crippen molar-refractivity contribution in [2.45, 2.75) is 29.3 Å². The number of anilines is 1. The Balaban J connectivity index is 1.25. The van der Waals surface area contributed by atoms with Crippen molar-refractivity contribution in [2.24, 2.45) is 5.73 Å². The van der Waals surface area contributed by atoms with Gasteiger partial charge in [0.25, 0.3) is 0 Å². The molecule has 8 nitrogen and oxygen atoms in total. The van der Waals surface area contributed by atoms with Gasteiger partial charge in [0.05, 0.1) is 6.61 Å². The van der Waals surface area contributed by atoms with Gasteiger partial charge in [0.2, 0.25) is 5.91 Å². The number of hydrogen-bond donors (Lipinski definition) is 1. The van der Waals surface area contributed by atoms with Crippen LogP contribution in [-0.4, -0.2) is 68.1 Å². The molecule has 11 heteroatoms. The summed E-state index contributed by atoms with van der Waals surface area (Å²) in [6.07, 6.45) is -1.61. The van der Waals surface area contributed by atoms with Crippen LogP contribution in [0.2, 0.25) is 0 Å². The zero-order valence-electron chi connectivity index (χ0n) is 20.2. The highest BCUT2D eigenvalue weighted by molar-refractivity contribution is 8.58. The summed E-state index contributed by atoms with van der Waals surface area (Å²) < 4.78 is 37.9. The van der Waals surface area contributed by atoms with Gasteiger partial charge in [0, 0.05) is 43.4 Å². The van der Waals surface area contributed by atoms with Crippen LogP contribution in [0.5, 0.6) is 5.75 Å². The molecule has 2 saturated heterocycles. The maximum atomic E-state index is 13.6. The lowest BCUT2D eigenvalue weighted by atomic mass is 9.98. The van der Waals surface area contributed by atoms with Crippen molar-refractivity contribution < 1.29 is 28.0 Å². The van der Waals surface area contributed by atoms with Crippen molar-refractivity contribution in [1.82, 2.24) is 4.90 Å². The summed E-state index contributed by atoms with van der Waals surface area (Å²) in [4.78, 5) is 29.1. The Morgan fingerprint density at radius 2 is 1.81 bits per heavy atom. The average molecular weight is 536 g/mol. The number of carbonyl (C=O) groups is 2. The van der Waals surface area contributed by atoms with E-state index in [1.54, 1.807) is 40.7 Å². The number of primary amides is 1. The molecule has 2 fully saturated rings. The first kappa shape index (κ1) is 26.5. The lowest BCUT2D eigenvalue weighted by Crippen LogP contribution is -2.47. The summed E-state index contributed by atoms with van der Waals surface area (Å²) in [6, 6.07) is 13.1. The van der Waals surface area contributed by atoms with E-state index in [-0.39, 0.29) is 11.8 Å². The first-order valence-corrected chi connectivity index (χ1v) is 15.5. The van der Waals surface area contributed by atoms with E-state index >= 15 is 0 Å². The fraction of sp³-hybridized carbons (Fsp3) is 0.440. The van der Waals surface area contributed by atoms with Crippen LogP contribution in [0.3, 0.4) is 0 Å². The molecule has 0 aliphatic carbocycles. The molecule has 0 radical (unpaired) electrons. The molecular formula is C25H31FN3O5PS. The maximum Gasteiger partial charge on any atom is 0.324 e. The molecule has 2 aromatic carbocycles. The number of carbonyl (C=O) groups excluding carboxylic acids is 2. The summed E-state index contributed by atoms with van der Waals surface area (Å²) in [5.74, 6) is -0.188. The second kappa shape index (κ2) is 11.2. The van der Waals surface area contributed by atoms with Gasteiger partial charge in [-0.2, -0.15) is 0 Å². The van der Waals surface area contributed by atoms with E-state index in [2.05, 4.69) is 0 Å². The SMILES string of the molecule is CP(=O)(Sc1ccc(OCCCN2CCN(c3ccc(F)cc3)C2=O)cc1)C1(C(N)=O)CCOCC1. The van der Waals surface area contributed by atoms with E-state index in [9.17, 15) is 18.5 Å². The first-order chi connectivity index (χ1) is 17.2. The second-order valence-corrected chi connectivity index (χ2v) is 14.9. The zero-order chi connectivity index (χ0) is 25.8. The van der Waals surface area contributed by atoms with Crippen molar-refractivity contribution >= 4 is 35.4 Å². The van der Waals surface area contributed by atoms with Gasteiger partial charge in [-0.25, -0.2) is 9.18 Å². The molecule has 4 rings (SSSR count). The van der Waals surface area contributed by atoms with E-state index in [0.29, 0.717) is 70.2 Å². The highest BCUT2D eigenvalue weighted by Gasteiger charge is 2.51. The highest BCUT2D eigenvalue weighted by Crippen LogP contribution is 2.70. The van der Waals surface area contributed by atoms with E-state index in [0.717, 1.165) is 4.90 Å². The molecule has 2 heterocycles. The standard InChI is InChI=1S/C25H31FN3O5PS/c1-35(32,25(23(27)30)11-17-33-18-12-25)36-22-9-7-21(8-10-22)34-16-2-13-28-14-15-29(24(28)31)20-5-3-19(26)4-6-20/h3-10H,2,11-18H2,1H3,(H2,27,30). The van der Waals surface area contributed by atoms with Crippen molar-refractivity contribution in [3.05, 3.63) is 54.3 Å². The third kappa shape index (κ3) is 5.71. The van der Waals surface area contributed by atoms with E-state index in [4.69, 9.17) is 15.2 Å². The van der Waals surface area contributed by atoms with Crippen molar-refractivity contribution in [1.29, 1.82) is 0 Å². The third-order valence-corrected chi connectivity index (χ3v) is 12.5. The monoisotopic (exact) mass is 535 g/mol. The van der Waals surface area contributed by atoms with E-state index < -0.39 is 17.4 Å². The molecule has 194 valence electrons. The number of amides is 3. The molecule has 36 heavy (non-hydrogen) atoms. The molecule has 2 aromatic rings. The maximum absolute atomic E-state index is 13.6. The minimum absolute atomic E-state index is 0.0924. The first-order valence-electron chi connectivity index (χ1n) is 11.9. The summed E-state index contributed by atoms with van der Waals surface area (Å²) in [5.41, 5.74) is 6.38. The Labute approximate surface area is 214 Å². The minimum atomic E-state index is -3.00. The Hall–Kier alpha value is -2.55. The fourth-order valence-electron chi connectivity index (χ4n) is 4.54. The molecule has 0 saturated carbocycles. The lowest BCUT2D eigenvalue weighted by Gasteiger charge is -2.38. The van der Waals surface area contributed by atoms with Crippen LogP contribution < -0.4 is 15.4 Å². The quantitative estimate of drug-likeness (QED) is 0.353. The largest absolute Gasteiger partial charge is 0.494 e.